The summed E-state index contributed by atoms with van der Waals surface area (Å²) in [5.41, 5.74) is 9.56. The van der Waals surface area contributed by atoms with Gasteiger partial charge in [0.2, 0.25) is 0 Å². The van der Waals surface area contributed by atoms with Crippen molar-refractivity contribution in [3.05, 3.63) is 53.5 Å². The highest BCUT2D eigenvalue weighted by Crippen LogP contribution is 2.37. The molecule has 2 aliphatic carbocycles. The Labute approximate surface area is 118 Å². The van der Waals surface area contributed by atoms with Gasteiger partial charge in [0.25, 0.3) is 0 Å². The zero-order chi connectivity index (χ0) is 13.1. The summed E-state index contributed by atoms with van der Waals surface area (Å²) in [5, 5.41) is 3.82. The van der Waals surface area contributed by atoms with E-state index in [-0.39, 0.29) is 0 Å². The van der Waals surface area contributed by atoms with E-state index in [0.29, 0.717) is 17.6 Å². The molecule has 1 aromatic heterocycles. The Morgan fingerprint density at radius 1 is 1.42 bits per heavy atom. The average Bonchev–Trinajstić information content (AvgIpc) is 3.02. The van der Waals surface area contributed by atoms with Crippen molar-refractivity contribution in [2.24, 2.45) is 5.92 Å². The molecule has 0 amide bonds. The zero-order valence-corrected chi connectivity index (χ0v) is 11.3. The van der Waals surface area contributed by atoms with Crippen LogP contribution in [-0.2, 0) is 6.54 Å². The molecule has 0 saturated heterocycles. The van der Waals surface area contributed by atoms with Gasteiger partial charge in [0.05, 0.1) is 12.2 Å². The van der Waals surface area contributed by atoms with Gasteiger partial charge in [-0.2, -0.15) is 0 Å². The topological polar surface area (TPSA) is 49.0 Å². The number of nitrogens with one attached hydrogen (secondary N) is 3. The molecule has 0 fully saturated rings. The molecule has 2 bridgehead atoms. The normalized spacial score (nSPS) is 19.9. The van der Waals surface area contributed by atoms with E-state index in [1.54, 1.807) is 6.20 Å². The molecule has 1 atom stereocenters. The molecule has 1 aromatic rings. The second kappa shape index (κ2) is 5.50. The number of pyridine rings is 1. The van der Waals surface area contributed by atoms with Crippen LogP contribution < -0.4 is 16.2 Å². The maximum atomic E-state index is 5.25. The monoisotopic (exact) mass is 272 g/mol. The van der Waals surface area contributed by atoms with Crippen molar-refractivity contribution in [3.63, 3.8) is 0 Å². The molecule has 4 nitrogen and oxygen atoms in total. The Kier molecular flexibility index (Phi) is 3.57. The largest absolute Gasteiger partial charge is 0.332 e. The first-order chi connectivity index (χ1) is 9.31. The molecule has 3 rings (SSSR count). The summed E-state index contributed by atoms with van der Waals surface area (Å²) >= 11 is 5.25. The van der Waals surface area contributed by atoms with Gasteiger partial charge >= 0.3 is 0 Å². The van der Waals surface area contributed by atoms with Gasteiger partial charge in [-0.3, -0.25) is 10.4 Å². The third-order valence-corrected chi connectivity index (χ3v) is 3.55. The Morgan fingerprint density at radius 3 is 3.05 bits per heavy atom. The highest BCUT2D eigenvalue weighted by molar-refractivity contribution is 7.80. The number of fused-ring (bicyclic) bond motifs is 2. The highest BCUT2D eigenvalue weighted by Gasteiger charge is 2.25. The zero-order valence-electron chi connectivity index (χ0n) is 10.5. The first kappa shape index (κ1) is 12.3. The fourth-order valence-electron chi connectivity index (χ4n) is 2.43. The fraction of sp³-hybridized carbons (Fsp3) is 0.286. The van der Waals surface area contributed by atoms with E-state index in [4.69, 9.17) is 12.2 Å². The fourth-order valence-corrected chi connectivity index (χ4v) is 2.61. The SMILES string of the molecule is S=C(NNCc1ccccn1)NC1=CC2CC=C1C2. The third-order valence-electron chi connectivity index (χ3n) is 3.34. The second-order valence-electron chi connectivity index (χ2n) is 4.76. The van der Waals surface area contributed by atoms with Gasteiger partial charge in [0, 0.05) is 11.9 Å². The summed E-state index contributed by atoms with van der Waals surface area (Å²) in [7, 11) is 0. The number of thiocarbonyl (C=S) groups is 1. The smallest absolute Gasteiger partial charge is 0.185 e. The summed E-state index contributed by atoms with van der Waals surface area (Å²) in [6, 6.07) is 5.83. The van der Waals surface area contributed by atoms with Gasteiger partial charge in [-0.15, -0.1) is 0 Å². The molecule has 0 saturated carbocycles. The maximum absolute atomic E-state index is 5.25. The number of nitrogens with zero attached hydrogens (tertiary/aromatic N) is 1. The van der Waals surface area contributed by atoms with Gasteiger partial charge < -0.3 is 5.32 Å². The molecular formula is C14H16N4S. The predicted molar refractivity (Wildman–Crippen MR) is 78.8 cm³/mol. The van der Waals surface area contributed by atoms with Gasteiger partial charge in [0.1, 0.15) is 0 Å². The Morgan fingerprint density at radius 2 is 2.37 bits per heavy atom. The van der Waals surface area contributed by atoms with E-state index in [2.05, 4.69) is 33.3 Å². The number of hydrogen-bond acceptors (Lipinski definition) is 3. The summed E-state index contributed by atoms with van der Waals surface area (Å²) in [6.07, 6.45) is 8.67. The van der Waals surface area contributed by atoms with Crippen LogP contribution in [0.2, 0.25) is 0 Å². The predicted octanol–water partition coefficient (Wildman–Crippen LogP) is 1.78. The summed E-state index contributed by atoms with van der Waals surface area (Å²) < 4.78 is 0. The Bertz CT molecular complexity index is 536. The lowest BCUT2D eigenvalue weighted by atomic mass is 10.1. The van der Waals surface area contributed by atoms with Gasteiger partial charge in [-0.1, -0.05) is 18.2 Å². The number of allylic oxidation sites excluding steroid dienone is 3. The van der Waals surface area contributed by atoms with Crippen molar-refractivity contribution in [1.29, 1.82) is 0 Å². The standard InChI is InChI=1S/C14H16N4S/c19-14(17-13-8-10-4-5-11(13)7-10)18-16-9-12-3-1-2-6-15-12/h1-3,5-6,8,10,16H,4,7,9H2,(H2,17,18,19). The molecule has 19 heavy (non-hydrogen) atoms. The summed E-state index contributed by atoms with van der Waals surface area (Å²) in [4.78, 5) is 4.22. The average molecular weight is 272 g/mol. The van der Waals surface area contributed by atoms with E-state index in [9.17, 15) is 0 Å². The molecule has 1 unspecified atom stereocenters. The number of hydrogen-bond donors (Lipinski definition) is 3. The van der Waals surface area contributed by atoms with Crippen LogP contribution in [0.25, 0.3) is 0 Å². The summed E-state index contributed by atoms with van der Waals surface area (Å²) in [6.45, 7) is 0.632. The minimum Gasteiger partial charge on any atom is -0.332 e. The lowest BCUT2D eigenvalue weighted by Gasteiger charge is -2.13. The number of rotatable bonds is 4. The van der Waals surface area contributed by atoms with Crippen LogP contribution in [0.4, 0.5) is 0 Å². The van der Waals surface area contributed by atoms with Crippen molar-refractivity contribution in [1.82, 2.24) is 21.2 Å². The minimum atomic E-state index is 0.593. The third kappa shape index (κ3) is 3.00. The van der Waals surface area contributed by atoms with Crippen LogP contribution in [0.15, 0.2) is 47.8 Å². The summed E-state index contributed by atoms with van der Waals surface area (Å²) in [5.74, 6) is 0.682. The quantitative estimate of drug-likeness (QED) is 0.576. The first-order valence-corrected chi connectivity index (χ1v) is 6.83. The minimum absolute atomic E-state index is 0.593. The Balaban J connectivity index is 1.43. The molecule has 98 valence electrons. The molecule has 0 aliphatic heterocycles. The number of hydrazine groups is 1. The van der Waals surface area contributed by atoms with Crippen LogP contribution in [0, 0.1) is 5.92 Å². The molecule has 0 radical (unpaired) electrons. The molecule has 5 heteroatoms. The molecule has 0 aromatic carbocycles. The van der Waals surface area contributed by atoms with Crippen molar-refractivity contribution in [2.75, 3.05) is 0 Å². The van der Waals surface area contributed by atoms with Crippen LogP contribution in [0.1, 0.15) is 18.5 Å². The molecule has 0 spiro atoms. The van der Waals surface area contributed by atoms with Gasteiger partial charge in [0.15, 0.2) is 5.11 Å². The maximum Gasteiger partial charge on any atom is 0.185 e. The van der Waals surface area contributed by atoms with E-state index in [1.165, 1.54) is 12.0 Å². The first-order valence-electron chi connectivity index (χ1n) is 6.42. The van der Waals surface area contributed by atoms with Crippen LogP contribution >= 0.6 is 12.2 Å². The van der Waals surface area contributed by atoms with Crippen molar-refractivity contribution in [2.45, 2.75) is 19.4 Å². The highest BCUT2D eigenvalue weighted by atomic mass is 32.1. The molecular weight excluding hydrogens is 256 g/mol. The van der Waals surface area contributed by atoms with Crippen molar-refractivity contribution < 1.29 is 0 Å². The van der Waals surface area contributed by atoms with Gasteiger partial charge in [-0.25, -0.2) is 5.43 Å². The lowest BCUT2D eigenvalue weighted by molar-refractivity contribution is 0.637. The van der Waals surface area contributed by atoms with Crippen molar-refractivity contribution in [3.8, 4) is 0 Å². The van der Waals surface area contributed by atoms with Crippen LogP contribution in [-0.4, -0.2) is 10.1 Å². The van der Waals surface area contributed by atoms with Crippen molar-refractivity contribution >= 4 is 17.3 Å². The van der Waals surface area contributed by atoms with E-state index in [1.807, 2.05) is 18.2 Å². The molecule has 1 heterocycles. The van der Waals surface area contributed by atoms with Crippen LogP contribution in [0.3, 0.4) is 0 Å². The van der Waals surface area contributed by atoms with Crippen LogP contribution in [0.5, 0.6) is 0 Å². The molecule has 2 aliphatic rings. The van der Waals surface area contributed by atoms with Gasteiger partial charge in [-0.05, 0) is 48.7 Å². The Hall–Kier alpha value is -1.72. The van der Waals surface area contributed by atoms with E-state index < -0.39 is 0 Å². The van der Waals surface area contributed by atoms with E-state index in [0.717, 1.165) is 17.8 Å². The van der Waals surface area contributed by atoms with E-state index >= 15 is 0 Å². The second-order valence-corrected chi connectivity index (χ2v) is 5.17. The lowest BCUT2D eigenvalue weighted by Crippen LogP contribution is -2.43. The number of aromatic nitrogens is 1. The molecule has 3 N–H and O–H groups in total.